The van der Waals surface area contributed by atoms with E-state index in [1.165, 1.54) is 4.31 Å². The number of nitrogens with zero attached hydrogens (tertiary/aromatic N) is 1. The SMILES string of the molecule is NCCC1CCCN(S(=O)(=O)c2ccc(Br)cc2Cl)C1. The Bertz CT molecular complexity index is 578. The standard InChI is InChI=1S/C13H18BrClN2O2S/c14-11-3-4-13(12(15)8-11)20(18,19)17-7-1-2-10(9-17)5-6-16/h3-4,8,10H,1-2,5-7,9,16H2. The number of sulfonamides is 1. The van der Waals surface area contributed by atoms with E-state index in [-0.39, 0.29) is 9.92 Å². The Morgan fingerprint density at radius 3 is 2.85 bits per heavy atom. The number of piperidine rings is 1. The van der Waals surface area contributed by atoms with Gasteiger partial charge in [0.25, 0.3) is 0 Å². The van der Waals surface area contributed by atoms with Gasteiger partial charge in [-0.1, -0.05) is 27.5 Å². The van der Waals surface area contributed by atoms with Gasteiger partial charge in [-0.2, -0.15) is 4.31 Å². The summed E-state index contributed by atoms with van der Waals surface area (Å²) in [5, 5.41) is 0.250. The topological polar surface area (TPSA) is 63.4 Å². The minimum absolute atomic E-state index is 0.177. The minimum atomic E-state index is -3.52. The first-order chi connectivity index (χ1) is 9.45. The van der Waals surface area contributed by atoms with Crippen LogP contribution in [0.15, 0.2) is 27.6 Å². The molecule has 0 aliphatic carbocycles. The molecule has 0 bridgehead atoms. The number of nitrogens with two attached hydrogens (primary N) is 1. The zero-order valence-electron chi connectivity index (χ0n) is 11.1. The smallest absolute Gasteiger partial charge is 0.244 e. The lowest BCUT2D eigenvalue weighted by molar-refractivity contribution is 0.258. The molecule has 0 saturated carbocycles. The average molecular weight is 382 g/mol. The van der Waals surface area contributed by atoms with Crippen molar-refractivity contribution in [2.75, 3.05) is 19.6 Å². The molecular formula is C13H18BrClN2O2S. The monoisotopic (exact) mass is 380 g/mol. The Kier molecular flexibility index (Phi) is 5.48. The maximum atomic E-state index is 12.7. The summed E-state index contributed by atoms with van der Waals surface area (Å²) in [7, 11) is -3.52. The Labute approximate surface area is 133 Å². The molecule has 20 heavy (non-hydrogen) atoms. The number of rotatable bonds is 4. The second kappa shape index (κ2) is 6.75. The summed E-state index contributed by atoms with van der Waals surface area (Å²) in [6.45, 7) is 1.68. The van der Waals surface area contributed by atoms with Crippen LogP contribution in [0.25, 0.3) is 0 Å². The van der Waals surface area contributed by atoms with E-state index in [1.54, 1.807) is 18.2 Å². The van der Waals surface area contributed by atoms with E-state index in [0.29, 0.717) is 25.6 Å². The summed E-state index contributed by atoms with van der Waals surface area (Å²) in [6.07, 6.45) is 2.77. The zero-order chi connectivity index (χ0) is 14.8. The van der Waals surface area contributed by atoms with Crippen molar-refractivity contribution in [1.29, 1.82) is 0 Å². The third-order valence-corrected chi connectivity index (χ3v) is 6.41. The van der Waals surface area contributed by atoms with E-state index in [1.807, 2.05) is 0 Å². The Morgan fingerprint density at radius 1 is 1.45 bits per heavy atom. The van der Waals surface area contributed by atoms with Crippen molar-refractivity contribution >= 4 is 37.6 Å². The van der Waals surface area contributed by atoms with Gasteiger partial charge in [0.05, 0.1) is 5.02 Å². The van der Waals surface area contributed by atoms with Crippen molar-refractivity contribution < 1.29 is 8.42 Å². The number of hydrogen-bond donors (Lipinski definition) is 1. The molecule has 1 aliphatic heterocycles. The summed E-state index contributed by atoms with van der Waals surface area (Å²) in [5.41, 5.74) is 5.57. The maximum absolute atomic E-state index is 12.7. The number of halogens is 2. The number of hydrogen-bond acceptors (Lipinski definition) is 3. The second-order valence-electron chi connectivity index (χ2n) is 5.02. The van der Waals surface area contributed by atoms with Crippen molar-refractivity contribution in [2.24, 2.45) is 11.7 Å². The Balaban J connectivity index is 2.25. The Morgan fingerprint density at radius 2 is 2.20 bits per heavy atom. The molecule has 1 atom stereocenters. The predicted octanol–water partition coefficient (Wildman–Crippen LogP) is 2.85. The highest BCUT2D eigenvalue weighted by atomic mass is 79.9. The molecule has 2 N–H and O–H groups in total. The van der Waals surface area contributed by atoms with E-state index >= 15 is 0 Å². The van der Waals surface area contributed by atoms with Gasteiger partial charge in [0, 0.05) is 17.6 Å². The van der Waals surface area contributed by atoms with Crippen molar-refractivity contribution in [2.45, 2.75) is 24.2 Å². The van der Waals surface area contributed by atoms with Crippen LogP contribution >= 0.6 is 27.5 Å². The molecule has 1 heterocycles. The molecule has 112 valence electrons. The van der Waals surface area contributed by atoms with Gasteiger partial charge in [-0.05, 0) is 49.9 Å². The van der Waals surface area contributed by atoms with Crippen LogP contribution in [-0.2, 0) is 10.0 Å². The highest BCUT2D eigenvalue weighted by Crippen LogP contribution is 2.30. The molecule has 4 nitrogen and oxygen atoms in total. The average Bonchev–Trinajstić information content (AvgIpc) is 2.39. The molecule has 2 rings (SSSR count). The molecule has 1 aromatic rings. The molecule has 7 heteroatoms. The van der Waals surface area contributed by atoms with E-state index in [9.17, 15) is 8.42 Å². The van der Waals surface area contributed by atoms with Crippen LogP contribution in [0.4, 0.5) is 0 Å². The van der Waals surface area contributed by atoms with Gasteiger partial charge >= 0.3 is 0 Å². The van der Waals surface area contributed by atoms with Crippen LogP contribution in [0.3, 0.4) is 0 Å². The van der Waals surface area contributed by atoms with Crippen molar-refractivity contribution in [3.05, 3.63) is 27.7 Å². The van der Waals surface area contributed by atoms with Gasteiger partial charge in [-0.3, -0.25) is 0 Å². The summed E-state index contributed by atoms with van der Waals surface area (Å²) < 4.78 is 27.6. The van der Waals surface area contributed by atoms with Gasteiger partial charge in [0.2, 0.25) is 10.0 Å². The molecule has 1 aliphatic rings. The van der Waals surface area contributed by atoms with Gasteiger partial charge in [-0.25, -0.2) is 8.42 Å². The lowest BCUT2D eigenvalue weighted by Crippen LogP contribution is -2.40. The largest absolute Gasteiger partial charge is 0.330 e. The highest BCUT2D eigenvalue weighted by molar-refractivity contribution is 9.10. The molecule has 0 spiro atoms. The van der Waals surface area contributed by atoms with Crippen LogP contribution in [-0.4, -0.2) is 32.4 Å². The fourth-order valence-corrected chi connectivity index (χ4v) is 5.11. The first-order valence-electron chi connectivity index (χ1n) is 6.60. The minimum Gasteiger partial charge on any atom is -0.330 e. The van der Waals surface area contributed by atoms with E-state index in [4.69, 9.17) is 17.3 Å². The third-order valence-electron chi connectivity index (χ3n) is 3.57. The maximum Gasteiger partial charge on any atom is 0.244 e. The molecule has 1 fully saturated rings. The van der Waals surface area contributed by atoms with Gasteiger partial charge < -0.3 is 5.73 Å². The molecule has 0 amide bonds. The van der Waals surface area contributed by atoms with Crippen molar-refractivity contribution in [3.8, 4) is 0 Å². The summed E-state index contributed by atoms with van der Waals surface area (Å²) >= 11 is 9.36. The quantitative estimate of drug-likeness (QED) is 0.872. The molecular weight excluding hydrogens is 364 g/mol. The van der Waals surface area contributed by atoms with Gasteiger partial charge in [0.1, 0.15) is 4.90 Å². The van der Waals surface area contributed by atoms with Gasteiger partial charge in [-0.15, -0.1) is 0 Å². The fourth-order valence-electron chi connectivity index (χ4n) is 2.54. The van der Waals surface area contributed by atoms with E-state index in [0.717, 1.165) is 23.7 Å². The highest BCUT2D eigenvalue weighted by Gasteiger charge is 2.31. The van der Waals surface area contributed by atoms with E-state index < -0.39 is 10.0 Å². The first kappa shape index (κ1) is 16.2. The van der Waals surface area contributed by atoms with Gasteiger partial charge in [0.15, 0.2) is 0 Å². The zero-order valence-corrected chi connectivity index (χ0v) is 14.2. The Hall–Kier alpha value is -0.140. The van der Waals surface area contributed by atoms with Crippen LogP contribution in [0, 0.1) is 5.92 Å². The van der Waals surface area contributed by atoms with Crippen LogP contribution in [0.1, 0.15) is 19.3 Å². The van der Waals surface area contributed by atoms with Crippen LogP contribution in [0.5, 0.6) is 0 Å². The van der Waals surface area contributed by atoms with Crippen molar-refractivity contribution in [3.63, 3.8) is 0 Å². The van der Waals surface area contributed by atoms with E-state index in [2.05, 4.69) is 15.9 Å². The number of benzene rings is 1. The fraction of sp³-hybridized carbons (Fsp3) is 0.538. The third kappa shape index (κ3) is 3.54. The molecule has 1 unspecified atom stereocenters. The van der Waals surface area contributed by atoms with Crippen LogP contribution < -0.4 is 5.73 Å². The molecule has 0 aromatic heterocycles. The lowest BCUT2D eigenvalue weighted by atomic mass is 9.96. The summed E-state index contributed by atoms with van der Waals surface area (Å²) in [5.74, 6) is 0.345. The molecule has 1 aromatic carbocycles. The van der Waals surface area contributed by atoms with Crippen LogP contribution in [0.2, 0.25) is 5.02 Å². The second-order valence-corrected chi connectivity index (χ2v) is 8.25. The lowest BCUT2D eigenvalue weighted by Gasteiger charge is -2.32. The first-order valence-corrected chi connectivity index (χ1v) is 9.21. The molecule has 1 saturated heterocycles. The summed E-state index contributed by atoms with van der Waals surface area (Å²) in [6, 6.07) is 4.85. The normalized spacial score (nSPS) is 21.1. The predicted molar refractivity (Wildman–Crippen MR) is 84.3 cm³/mol. The van der Waals surface area contributed by atoms with Crippen molar-refractivity contribution in [1.82, 2.24) is 4.31 Å². The summed E-state index contributed by atoms with van der Waals surface area (Å²) in [4.78, 5) is 0.177. The molecule has 0 radical (unpaired) electrons.